The van der Waals surface area contributed by atoms with Crippen LogP contribution >= 0.6 is 0 Å². The molecule has 0 aliphatic rings. The average Bonchev–Trinajstić information content (AvgIpc) is 2.05. The van der Waals surface area contributed by atoms with E-state index in [4.69, 9.17) is 14.2 Å². The Hall–Kier alpha value is -0.120. The minimum Gasteiger partial charge on any atom is -0.322 e. The van der Waals surface area contributed by atoms with Crippen LogP contribution < -0.4 is 0 Å². The largest absolute Gasteiger partial charge is 0.322 e. The third kappa shape index (κ3) is 9.73. The number of hydrogen-bond acceptors (Lipinski definition) is 3. The molecule has 0 unspecified atom stereocenters. The standard InChI is InChI=1S/C17H36O3/c1-11-12-13-17(18-14(2,3)4,19-15(5,6)7)20-16(8,9)10/h11-13H2,1-10H3. The minimum atomic E-state index is -0.995. The Morgan fingerprint density at radius 1 is 0.600 bits per heavy atom. The van der Waals surface area contributed by atoms with E-state index in [1.165, 1.54) is 0 Å². The number of unbranched alkanes of at least 4 members (excludes halogenated alkanes) is 1. The third-order valence-electron chi connectivity index (χ3n) is 2.22. The van der Waals surface area contributed by atoms with Crippen molar-refractivity contribution in [3.8, 4) is 0 Å². The third-order valence-corrected chi connectivity index (χ3v) is 2.22. The molecule has 0 saturated heterocycles. The molecule has 0 saturated carbocycles. The van der Waals surface area contributed by atoms with Crippen LogP contribution in [-0.2, 0) is 14.2 Å². The van der Waals surface area contributed by atoms with Crippen LogP contribution in [0, 0.1) is 0 Å². The zero-order chi connectivity index (χ0) is 16.2. The highest BCUT2D eigenvalue weighted by Crippen LogP contribution is 2.35. The molecule has 0 aliphatic heterocycles. The highest BCUT2D eigenvalue weighted by molar-refractivity contribution is 4.75. The normalized spacial score (nSPS) is 14.7. The molecular formula is C17H36O3. The van der Waals surface area contributed by atoms with Gasteiger partial charge in [-0.15, -0.1) is 0 Å². The van der Waals surface area contributed by atoms with Gasteiger partial charge in [-0.3, -0.25) is 0 Å². The zero-order valence-electron chi connectivity index (χ0n) is 15.3. The summed E-state index contributed by atoms with van der Waals surface area (Å²) in [5, 5.41) is 0. The van der Waals surface area contributed by atoms with Gasteiger partial charge in [-0.1, -0.05) is 13.3 Å². The first-order valence-corrected chi connectivity index (χ1v) is 7.79. The van der Waals surface area contributed by atoms with Crippen LogP contribution in [0.3, 0.4) is 0 Å². The van der Waals surface area contributed by atoms with Crippen molar-refractivity contribution in [1.29, 1.82) is 0 Å². The van der Waals surface area contributed by atoms with E-state index in [1.54, 1.807) is 0 Å². The van der Waals surface area contributed by atoms with Crippen LogP contribution in [0.1, 0.15) is 88.5 Å². The lowest BCUT2D eigenvalue weighted by atomic mass is 10.1. The maximum atomic E-state index is 6.24. The molecule has 0 aromatic heterocycles. The molecule has 0 amide bonds. The summed E-state index contributed by atoms with van der Waals surface area (Å²) in [5.41, 5.74) is -0.987. The summed E-state index contributed by atoms with van der Waals surface area (Å²) in [5.74, 6) is -0.995. The number of hydrogen-bond donors (Lipinski definition) is 0. The molecule has 3 nitrogen and oxygen atoms in total. The van der Waals surface area contributed by atoms with Gasteiger partial charge < -0.3 is 14.2 Å². The number of ether oxygens (including phenoxy) is 3. The molecule has 122 valence electrons. The molecule has 0 aromatic rings. The predicted octanol–water partition coefficient (Wildman–Crippen LogP) is 5.28. The van der Waals surface area contributed by atoms with Crippen LogP contribution in [0.5, 0.6) is 0 Å². The first-order chi connectivity index (χ1) is 8.68. The molecule has 0 atom stereocenters. The Morgan fingerprint density at radius 3 is 1.10 bits per heavy atom. The van der Waals surface area contributed by atoms with E-state index in [0.717, 1.165) is 19.3 Å². The van der Waals surface area contributed by atoms with Crippen LogP contribution in [0.4, 0.5) is 0 Å². The van der Waals surface area contributed by atoms with E-state index in [9.17, 15) is 0 Å². The Balaban J connectivity index is 5.38. The van der Waals surface area contributed by atoms with Crippen LogP contribution in [0.15, 0.2) is 0 Å². The van der Waals surface area contributed by atoms with E-state index < -0.39 is 5.97 Å². The molecule has 0 radical (unpaired) electrons. The maximum Gasteiger partial charge on any atom is 0.284 e. The van der Waals surface area contributed by atoms with Crippen molar-refractivity contribution in [2.45, 2.75) is 111 Å². The highest BCUT2D eigenvalue weighted by atomic mass is 16.9. The van der Waals surface area contributed by atoms with Crippen LogP contribution in [-0.4, -0.2) is 22.8 Å². The summed E-state index contributed by atoms with van der Waals surface area (Å²) in [7, 11) is 0. The SMILES string of the molecule is CCCCC(OC(C)(C)C)(OC(C)(C)C)OC(C)(C)C. The van der Waals surface area contributed by atoms with E-state index in [1.807, 2.05) is 62.3 Å². The second-order valence-electron chi connectivity index (χ2n) is 8.43. The van der Waals surface area contributed by atoms with Gasteiger partial charge in [-0.2, -0.15) is 0 Å². The van der Waals surface area contributed by atoms with Crippen molar-refractivity contribution in [3.05, 3.63) is 0 Å². The summed E-state index contributed by atoms with van der Waals surface area (Å²) < 4.78 is 18.7. The van der Waals surface area contributed by atoms with E-state index in [-0.39, 0.29) is 16.8 Å². The Kier molecular flexibility index (Phi) is 6.72. The average molecular weight is 288 g/mol. The maximum absolute atomic E-state index is 6.24. The molecular weight excluding hydrogens is 252 g/mol. The second-order valence-corrected chi connectivity index (χ2v) is 8.43. The van der Waals surface area contributed by atoms with E-state index in [2.05, 4.69) is 6.92 Å². The molecule has 0 spiro atoms. The first kappa shape index (κ1) is 19.9. The Bertz CT molecular complexity index is 235. The Morgan fingerprint density at radius 2 is 0.900 bits per heavy atom. The predicted molar refractivity (Wildman–Crippen MR) is 84.8 cm³/mol. The highest BCUT2D eigenvalue weighted by Gasteiger charge is 2.43. The van der Waals surface area contributed by atoms with Gasteiger partial charge in [0.2, 0.25) is 0 Å². The van der Waals surface area contributed by atoms with Crippen molar-refractivity contribution >= 4 is 0 Å². The smallest absolute Gasteiger partial charge is 0.284 e. The molecule has 0 aromatic carbocycles. The van der Waals surface area contributed by atoms with Gasteiger partial charge in [0.25, 0.3) is 5.97 Å². The lowest BCUT2D eigenvalue weighted by Crippen LogP contribution is -2.52. The van der Waals surface area contributed by atoms with Gasteiger partial charge in [0.05, 0.1) is 16.8 Å². The van der Waals surface area contributed by atoms with Crippen LogP contribution in [0.25, 0.3) is 0 Å². The molecule has 20 heavy (non-hydrogen) atoms. The van der Waals surface area contributed by atoms with Gasteiger partial charge in [0.1, 0.15) is 0 Å². The van der Waals surface area contributed by atoms with Gasteiger partial charge in [0.15, 0.2) is 0 Å². The molecule has 0 heterocycles. The fourth-order valence-corrected chi connectivity index (χ4v) is 2.01. The molecule has 0 bridgehead atoms. The summed E-state index contributed by atoms with van der Waals surface area (Å²) in [4.78, 5) is 0. The topological polar surface area (TPSA) is 27.7 Å². The number of rotatable bonds is 6. The monoisotopic (exact) mass is 288 g/mol. The molecule has 0 aliphatic carbocycles. The van der Waals surface area contributed by atoms with E-state index in [0.29, 0.717) is 0 Å². The van der Waals surface area contributed by atoms with Gasteiger partial charge in [0, 0.05) is 6.42 Å². The van der Waals surface area contributed by atoms with Crippen molar-refractivity contribution in [2.24, 2.45) is 0 Å². The van der Waals surface area contributed by atoms with Crippen molar-refractivity contribution in [2.75, 3.05) is 0 Å². The summed E-state index contributed by atoms with van der Waals surface area (Å²) in [6.45, 7) is 20.5. The lowest BCUT2D eigenvalue weighted by Gasteiger charge is -2.45. The Labute approximate surface area is 126 Å². The molecule has 0 fully saturated rings. The van der Waals surface area contributed by atoms with Crippen molar-refractivity contribution in [3.63, 3.8) is 0 Å². The quantitative estimate of drug-likeness (QED) is 0.623. The second kappa shape index (κ2) is 6.76. The van der Waals surface area contributed by atoms with Gasteiger partial charge in [-0.25, -0.2) is 0 Å². The minimum absolute atomic E-state index is 0.329. The fraction of sp³-hybridized carbons (Fsp3) is 1.00. The summed E-state index contributed by atoms with van der Waals surface area (Å²) in [6, 6.07) is 0. The molecule has 0 N–H and O–H groups in total. The van der Waals surface area contributed by atoms with Gasteiger partial charge >= 0.3 is 0 Å². The summed E-state index contributed by atoms with van der Waals surface area (Å²) >= 11 is 0. The van der Waals surface area contributed by atoms with E-state index >= 15 is 0 Å². The molecule has 0 rings (SSSR count). The van der Waals surface area contributed by atoms with Gasteiger partial charge in [-0.05, 0) is 68.7 Å². The van der Waals surface area contributed by atoms with Crippen molar-refractivity contribution in [1.82, 2.24) is 0 Å². The lowest BCUT2D eigenvalue weighted by molar-refractivity contribution is -0.449. The fourth-order valence-electron chi connectivity index (χ4n) is 2.01. The first-order valence-electron chi connectivity index (χ1n) is 7.79. The zero-order valence-corrected chi connectivity index (χ0v) is 15.3. The van der Waals surface area contributed by atoms with Crippen molar-refractivity contribution < 1.29 is 14.2 Å². The molecule has 3 heteroatoms. The van der Waals surface area contributed by atoms with Crippen LogP contribution in [0.2, 0.25) is 0 Å². The summed E-state index contributed by atoms with van der Waals surface area (Å²) in [6.07, 6.45) is 2.81.